The zero-order valence-corrected chi connectivity index (χ0v) is 17.8. The lowest BCUT2D eigenvalue weighted by molar-refractivity contribution is 0.0990. The number of hydrogen-bond acceptors (Lipinski definition) is 7. The summed E-state index contributed by atoms with van der Waals surface area (Å²) in [6.45, 7) is 6.76. The SMILES string of the molecule is Cc1cn2cc(C(=O)Nc3ccc(N4CCN[C@@H](C)C4)nn3)c(OC3CCC3)cc2n1. The van der Waals surface area contributed by atoms with E-state index in [2.05, 4.69) is 37.6 Å². The third-order valence-corrected chi connectivity index (χ3v) is 5.85. The van der Waals surface area contributed by atoms with Crippen LogP contribution in [0.4, 0.5) is 11.6 Å². The van der Waals surface area contributed by atoms with Crippen molar-refractivity contribution in [1.29, 1.82) is 0 Å². The number of amides is 1. The van der Waals surface area contributed by atoms with Crippen molar-refractivity contribution in [3.63, 3.8) is 0 Å². The van der Waals surface area contributed by atoms with Crippen molar-refractivity contribution in [2.75, 3.05) is 29.9 Å². The van der Waals surface area contributed by atoms with Gasteiger partial charge in [-0.2, -0.15) is 0 Å². The number of carbonyl (C=O) groups excluding carboxylic acids is 1. The first-order valence-electron chi connectivity index (χ1n) is 10.8. The zero-order chi connectivity index (χ0) is 21.4. The van der Waals surface area contributed by atoms with Gasteiger partial charge >= 0.3 is 0 Å². The maximum Gasteiger partial charge on any atom is 0.262 e. The molecule has 9 heteroatoms. The average Bonchev–Trinajstić information content (AvgIpc) is 3.09. The van der Waals surface area contributed by atoms with Crippen molar-refractivity contribution in [3.05, 3.63) is 41.9 Å². The van der Waals surface area contributed by atoms with Gasteiger partial charge in [-0.25, -0.2) is 4.98 Å². The molecule has 9 nitrogen and oxygen atoms in total. The molecule has 1 amide bonds. The predicted octanol–water partition coefficient (Wildman–Crippen LogP) is 2.41. The Balaban J connectivity index is 1.36. The highest BCUT2D eigenvalue weighted by molar-refractivity contribution is 6.05. The molecule has 1 aliphatic carbocycles. The van der Waals surface area contributed by atoms with Crippen LogP contribution in [0.5, 0.6) is 5.75 Å². The first kappa shape index (κ1) is 19.7. The minimum atomic E-state index is -0.277. The largest absolute Gasteiger partial charge is 0.489 e. The number of carbonyl (C=O) groups is 1. The van der Waals surface area contributed by atoms with Crippen LogP contribution >= 0.6 is 0 Å². The Morgan fingerprint density at radius 3 is 2.84 bits per heavy atom. The van der Waals surface area contributed by atoms with Crippen LogP contribution in [0.1, 0.15) is 42.2 Å². The third kappa shape index (κ3) is 4.18. The molecule has 0 aromatic carbocycles. The lowest BCUT2D eigenvalue weighted by Crippen LogP contribution is -2.49. The van der Waals surface area contributed by atoms with Gasteiger partial charge in [-0.15, -0.1) is 10.2 Å². The standard InChI is InChI=1S/C22H27N7O2/c1-14-11-28(9-8-23-14)20-7-6-19(26-27-20)25-22(30)17-13-29-12-15(2)24-21(29)10-18(17)31-16-4-3-5-16/h6-7,10,12-14,16,23H,3-5,8-9,11H2,1-2H3,(H,25,26,30)/t14-/m0/s1. The second kappa shape index (κ2) is 8.14. The summed E-state index contributed by atoms with van der Waals surface area (Å²) in [6.07, 6.45) is 7.00. The van der Waals surface area contributed by atoms with Gasteiger partial charge in [0, 0.05) is 44.1 Å². The maximum atomic E-state index is 13.1. The van der Waals surface area contributed by atoms with E-state index >= 15 is 0 Å². The summed E-state index contributed by atoms with van der Waals surface area (Å²) in [5.74, 6) is 1.50. The molecule has 0 bridgehead atoms. The molecule has 162 valence electrons. The summed E-state index contributed by atoms with van der Waals surface area (Å²) in [5.41, 5.74) is 2.10. The van der Waals surface area contributed by atoms with Gasteiger partial charge in [0.15, 0.2) is 11.6 Å². The van der Waals surface area contributed by atoms with Crippen molar-refractivity contribution < 1.29 is 9.53 Å². The Morgan fingerprint density at radius 1 is 1.26 bits per heavy atom. The number of hydrogen-bond donors (Lipinski definition) is 2. The monoisotopic (exact) mass is 421 g/mol. The van der Waals surface area contributed by atoms with Crippen molar-refractivity contribution in [2.45, 2.75) is 45.3 Å². The summed E-state index contributed by atoms with van der Waals surface area (Å²) in [7, 11) is 0. The highest BCUT2D eigenvalue weighted by atomic mass is 16.5. The molecule has 3 aromatic rings. The first-order valence-corrected chi connectivity index (χ1v) is 10.8. The molecule has 0 spiro atoms. The number of ether oxygens (including phenoxy) is 1. The summed E-state index contributed by atoms with van der Waals surface area (Å²) >= 11 is 0. The molecule has 31 heavy (non-hydrogen) atoms. The number of aryl methyl sites for hydroxylation is 1. The van der Waals surface area contributed by atoms with Gasteiger partial charge in [0.1, 0.15) is 11.4 Å². The van der Waals surface area contributed by atoms with Gasteiger partial charge in [-0.05, 0) is 45.2 Å². The molecule has 5 rings (SSSR count). The molecule has 2 aliphatic rings. The van der Waals surface area contributed by atoms with Crippen LogP contribution in [-0.4, -0.2) is 57.3 Å². The van der Waals surface area contributed by atoms with E-state index in [1.54, 1.807) is 12.3 Å². The van der Waals surface area contributed by atoms with Gasteiger partial charge in [0.05, 0.1) is 17.4 Å². The van der Waals surface area contributed by atoms with E-state index in [4.69, 9.17) is 4.74 Å². The highest BCUT2D eigenvalue weighted by Crippen LogP contribution is 2.29. The number of nitrogens with zero attached hydrogens (tertiary/aromatic N) is 5. The van der Waals surface area contributed by atoms with E-state index < -0.39 is 0 Å². The van der Waals surface area contributed by atoms with Crippen LogP contribution < -0.4 is 20.3 Å². The number of aromatic nitrogens is 4. The van der Waals surface area contributed by atoms with Crippen molar-refractivity contribution >= 4 is 23.2 Å². The lowest BCUT2D eigenvalue weighted by atomic mass is 9.96. The fourth-order valence-electron chi connectivity index (χ4n) is 3.96. The summed E-state index contributed by atoms with van der Waals surface area (Å²) in [4.78, 5) is 19.8. The molecular weight excluding hydrogens is 394 g/mol. The van der Waals surface area contributed by atoms with E-state index in [0.717, 1.165) is 56.1 Å². The Morgan fingerprint density at radius 2 is 2.13 bits per heavy atom. The van der Waals surface area contributed by atoms with Crippen LogP contribution in [0.2, 0.25) is 0 Å². The molecule has 2 N–H and O–H groups in total. The van der Waals surface area contributed by atoms with Crippen LogP contribution in [0, 0.1) is 6.92 Å². The number of pyridine rings is 1. The highest BCUT2D eigenvalue weighted by Gasteiger charge is 2.24. The molecule has 0 unspecified atom stereocenters. The molecule has 1 atom stereocenters. The molecule has 4 heterocycles. The predicted molar refractivity (Wildman–Crippen MR) is 118 cm³/mol. The topological polar surface area (TPSA) is 96.7 Å². The second-order valence-electron chi connectivity index (χ2n) is 8.40. The summed E-state index contributed by atoms with van der Waals surface area (Å²) in [5, 5.41) is 14.8. The van der Waals surface area contributed by atoms with Gasteiger partial charge in [-0.1, -0.05) is 0 Å². The number of rotatable bonds is 5. The third-order valence-electron chi connectivity index (χ3n) is 5.85. The number of imidazole rings is 1. The van der Waals surface area contributed by atoms with E-state index in [1.807, 2.05) is 29.7 Å². The van der Waals surface area contributed by atoms with Crippen LogP contribution in [-0.2, 0) is 0 Å². The number of piperazine rings is 1. The van der Waals surface area contributed by atoms with Gasteiger partial charge in [-0.3, -0.25) is 4.79 Å². The van der Waals surface area contributed by atoms with Crippen LogP contribution in [0.25, 0.3) is 5.65 Å². The van der Waals surface area contributed by atoms with Crippen molar-refractivity contribution in [2.24, 2.45) is 0 Å². The number of nitrogens with one attached hydrogen (secondary N) is 2. The first-order chi connectivity index (χ1) is 15.0. The smallest absolute Gasteiger partial charge is 0.262 e. The molecule has 2 fully saturated rings. The van der Waals surface area contributed by atoms with Crippen LogP contribution in [0.3, 0.4) is 0 Å². The van der Waals surface area contributed by atoms with Crippen LogP contribution in [0.15, 0.2) is 30.6 Å². The summed E-state index contributed by atoms with van der Waals surface area (Å²) < 4.78 is 7.95. The fraction of sp³-hybridized carbons (Fsp3) is 0.455. The van der Waals surface area contributed by atoms with Gasteiger partial charge in [0.25, 0.3) is 5.91 Å². The Kier molecular flexibility index (Phi) is 5.19. The molecule has 1 aliphatic heterocycles. The number of fused-ring (bicyclic) bond motifs is 1. The van der Waals surface area contributed by atoms with E-state index in [0.29, 0.717) is 23.2 Å². The van der Waals surface area contributed by atoms with Gasteiger partial charge < -0.3 is 24.7 Å². The van der Waals surface area contributed by atoms with Crippen molar-refractivity contribution in [3.8, 4) is 5.75 Å². The molecule has 3 aromatic heterocycles. The zero-order valence-electron chi connectivity index (χ0n) is 17.8. The Bertz CT molecular complexity index is 1090. The minimum absolute atomic E-state index is 0.158. The van der Waals surface area contributed by atoms with E-state index in [9.17, 15) is 4.79 Å². The quantitative estimate of drug-likeness (QED) is 0.653. The van der Waals surface area contributed by atoms with E-state index in [-0.39, 0.29) is 12.0 Å². The maximum absolute atomic E-state index is 13.1. The van der Waals surface area contributed by atoms with Gasteiger partial charge in [0.2, 0.25) is 0 Å². The molecule has 1 saturated carbocycles. The molecular formula is C22H27N7O2. The minimum Gasteiger partial charge on any atom is -0.489 e. The van der Waals surface area contributed by atoms with Crippen molar-refractivity contribution in [1.82, 2.24) is 24.9 Å². The fourth-order valence-corrected chi connectivity index (χ4v) is 3.96. The number of anilines is 2. The Labute approximate surface area is 180 Å². The molecule has 0 radical (unpaired) electrons. The normalized spacial score (nSPS) is 19.3. The Hall–Kier alpha value is -3.20. The average molecular weight is 422 g/mol. The lowest BCUT2D eigenvalue weighted by Gasteiger charge is -2.32. The summed E-state index contributed by atoms with van der Waals surface area (Å²) in [6, 6.07) is 5.93. The molecule has 1 saturated heterocycles. The van der Waals surface area contributed by atoms with E-state index in [1.165, 1.54) is 0 Å². The second-order valence-corrected chi connectivity index (χ2v) is 8.40.